The number of hydrogen-bond donors (Lipinski definition) is 2. The van der Waals surface area contributed by atoms with E-state index in [-0.39, 0.29) is 30.8 Å². The van der Waals surface area contributed by atoms with E-state index >= 15 is 0 Å². The van der Waals surface area contributed by atoms with Crippen molar-refractivity contribution in [3.05, 3.63) is 66.1 Å². The van der Waals surface area contributed by atoms with Crippen molar-refractivity contribution in [2.75, 3.05) is 36.5 Å². The number of rotatable bonds is 5. The molecule has 0 bridgehead atoms. The number of fused-ring (bicyclic) bond motifs is 1. The number of aryl methyl sites for hydroxylation is 1. The molecular formula is C27H26F3N9O3. The number of nitrogens with one attached hydrogen (secondary N) is 2. The summed E-state index contributed by atoms with van der Waals surface area (Å²) in [6, 6.07) is 11.8. The number of carbonyl (C=O) groups excluding carboxylic acids is 3. The first kappa shape index (κ1) is 27.2. The number of H-pyrrole nitrogens is 1. The fourth-order valence-electron chi connectivity index (χ4n) is 5.62. The van der Waals surface area contributed by atoms with Gasteiger partial charge >= 0.3 is 6.18 Å². The van der Waals surface area contributed by atoms with Gasteiger partial charge in [-0.25, -0.2) is 4.98 Å². The fraction of sp³-hybridized carbons (Fsp3) is 0.333. The molecular weight excluding hydrogens is 555 g/mol. The number of hydrogen-bond acceptors (Lipinski definition) is 7. The van der Waals surface area contributed by atoms with Gasteiger partial charge < -0.3 is 20.0 Å². The van der Waals surface area contributed by atoms with Gasteiger partial charge in [-0.15, -0.1) is 0 Å². The lowest BCUT2D eigenvalue weighted by Crippen LogP contribution is -2.57. The molecule has 2 aliphatic heterocycles. The first-order chi connectivity index (χ1) is 20.0. The predicted molar refractivity (Wildman–Crippen MR) is 144 cm³/mol. The maximum Gasteiger partial charge on any atom is 0.435 e. The number of likely N-dealkylation sites (tertiary alicyclic amines) is 1. The Labute approximate surface area is 237 Å². The van der Waals surface area contributed by atoms with Crippen LogP contribution < -0.4 is 10.2 Å². The summed E-state index contributed by atoms with van der Waals surface area (Å²) in [6.07, 6.45) is -0.934. The number of anilines is 2. The zero-order chi connectivity index (χ0) is 29.6. The van der Waals surface area contributed by atoms with Crippen LogP contribution in [-0.2, 0) is 22.8 Å². The van der Waals surface area contributed by atoms with Crippen LogP contribution >= 0.6 is 0 Å². The quantitative estimate of drug-likeness (QED) is 0.370. The number of alkyl halides is 3. The predicted octanol–water partition coefficient (Wildman–Crippen LogP) is 2.63. The minimum atomic E-state index is -4.66. The molecule has 42 heavy (non-hydrogen) atoms. The SMILES string of the molecule is Cn1nc(C(F)(F)F)cc1NC(=O)CN1CN(c2ccccc2)C2(CCN(C(=O)c3cnc4[nH]ncc4c3)CC2)C1=O. The third-order valence-corrected chi connectivity index (χ3v) is 7.77. The summed E-state index contributed by atoms with van der Waals surface area (Å²) in [6.45, 7) is 0.333. The van der Waals surface area contributed by atoms with Crippen LogP contribution in [0, 0.1) is 0 Å². The number of aromatic nitrogens is 5. The maximum absolute atomic E-state index is 13.9. The third kappa shape index (κ3) is 4.80. The van der Waals surface area contributed by atoms with Crippen molar-refractivity contribution in [1.29, 1.82) is 0 Å². The van der Waals surface area contributed by atoms with Crippen LogP contribution in [0.2, 0.25) is 0 Å². The van der Waals surface area contributed by atoms with Crippen LogP contribution in [0.1, 0.15) is 28.9 Å². The second kappa shape index (κ2) is 10.2. The van der Waals surface area contributed by atoms with Gasteiger partial charge in [-0.2, -0.15) is 23.4 Å². The van der Waals surface area contributed by atoms with Gasteiger partial charge in [0, 0.05) is 43.5 Å². The monoisotopic (exact) mass is 581 g/mol. The molecule has 4 aromatic rings. The first-order valence-corrected chi connectivity index (χ1v) is 13.2. The van der Waals surface area contributed by atoms with E-state index in [1.165, 1.54) is 18.1 Å². The highest BCUT2D eigenvalue weighted by molar-refractivity contribution is 6.00. The van der Waals surface area contributed by atoms with E-state index in [0.29, 0.717) is 42.5 Å². The molecule has 12 nitrogen and oxygen atoms in total. The Morgan fingerprint density at radius 1 is 1.10 bits per heavy atom. The van der Waals surface area contributed by atoms with Crippen LogP contribution in [0.5, 0.6) is 0 Å². The Kier molecular flexibility index (Phi) is 6.58. The minimum absolute atomic E-state index is 0.102. The van der Waals surface area contributed by atoms with Gasteiger partial charge in [-0.3, -0.25) is 24.2 Å². The van der Waals surface area contributed by atoms with Gasteiger partial charge in [0.2, 0.25) is 5.91 Å². The largest absolute Gasteiger partial charge is 0.435 e. The van der Waals surface area contributed by atoms with E-state index in [9.17, 15) is 27.6 Å². The Hall–Kier alpha value is -4.95. The maximum atomic E-state index is 13.9. The average Bonchev–Trinajstić information content (AvgIpc) is 3.66. The molecule has 2 aliphatic rings. The van der Waals surface area contributed by atoms with Crippen molar-refractivity contribution >= 4 is 40.3 Å². The van der Waals surface area contributed by atoms with E-state index < -0.39 is 23.3 Å². The molecule has 2 fully saturated rings. The van der Waals surface area contributed by atoms with Crippen molar-refractivity contribution in [1.82, 2.24) is 34.8 Å². The van der Waals surface area contributed by atoms with Crippen molar-refractivity contribution in [3.63, 3.8) is 0 Å². The molecule has 2 saturated heterocycles. The van der Waals surface area contributed by atoms with Crippen molar-refractivity contribution < 1.29 is 27.6 Å². The summed E-state index contributed by atoms with van der Waals surface area (Å²) < 4.78 is 40.1. The lowest BCUT2D eigenvalue weighted by atomic mass is 9.85. The lowest BCUT2D eigenvalue weighted by Gasteiger charge is -2.43. The van der Waals surface area contributed by atoms with E-state index in [2.05, 4.69) is 25.6 Å². The van der Waals surface area contributed by atoms with E-state index in [1.54, 1.807) is 17.2 Å². The molecule has 0 aliphatic carbocycles. The van der Waals surface area contributed by atoms with E-state index in [4.69, 9.17) is 0 Å². The minimum Gasteiger partial charge on any atom is -0.339 e. The summed E-state index contributed by atoms with van der Waals surface area (Å²) in [5.74, 6) is -1.28. The third-order valence-electron chi connectivity index (χ3n) is 7.77. The Morgan fingerprint density at radius 3 is 2.52 bits per heavy atom. The van der Waals surface area contributed by atoms with Gasteiger partial charge in [0.1, 0.15) is 17.9 Å². The number of nitrogens with zero attached hydrogens (tertiary/aromatic N) is 7. The first-order valence-electron chi connectivity index (χ1n) is 13.2. The molecule has 218 valence electrons. The smallest absolute Gasteiger partial charge is 0.339 e. The number of carbonyl (C=O) groups is 3. The second-order valence-corrected chi connectivity index (χ2v) is 10.3. The Morgan fingerprint density at radius 2 is 1.83 bits per heavy atom. The van der Waals surface area contributed by atoms with E-state index in [1.807, 2.05) is 35.2 Å². The van der Waals surface area contributed by atoms with Crippen LogP contribution in [0.25, 0.3) is 11.0 Å². The van der Waals surface area contributed by atoms with E-state index in [0.717, 1.165) is 16.4 Å². The van der Waals surface area contributed by atoms with Gasteiger partial charge in [-0.05, 0) is 31.0 Å². The molecule has 0 atom stereocenters. The number of piperidine rings is 1. The molecule has 2 N–H and O–H groups in total. The van der Waals surface area contributed by atoms with Crippen molar-refractivity contribution in [2.24, 2.45) is 7.05 Å². The van der Waals surface area contributed by atoms with Gasteiger partial charge in [-0.1, -0.05) is 18.2 Å². The molecule has 6 rings (SSSR count). The number of aromatic amines is 1. The molecule has 0 radical (unpaired) electrons. The number of para-hydroxylation sites is 1. The Bertz CT molecular complexity index is 1660. The second-order valence-electron chi connectivity index (χ2n) is 10.3. The summed E-state index contributed by atoms with van der Waals surface area (Å²) in [5, 5.41) is 13.2. The highest BCUT2D eigenvalue weighted by Crippen LogP contribution is 2.40. The zero-order valence-electron chi connectivity index (χ0n) is 22.4. The van der Waals surface area contributed by atoms with Crippen LogP contribution in [-0.4, -0.2) is 84.3 Å². The molecule has 1 spiro atoms. The summed E-state index contributed by atoms with van der Waals surface area (Å²) in [7, 11) is 1.29. The normalized spacial score (nSPS) is 17.0. The topological polar surface area (TPSA) is 132 Å². The van der Waals surface area contributed by atoms with Gasteiger partial charge in [0.25, 0.3) is 11.8 Å². The number of amides is 3. The van der Waals surface area contributed by atoms with Crippen molar-refractivity contribution in [2.45, 2.75) is 24.6 Å². The average molecular weight is 582 g/mol. The molecule has 5 heterocycles. The molecule has 3 aromatic heterocycles. The molecule has 15 heteroatoms. The standard InChI is InChI=1S/C27H26F3N9O3/c1-36-21(12-20(35-36)27(28,29)30)33-22(40)15-38-16-39(19-5-3-2-4-6-19)26(25(38)42)7-9-37(10-8-26)24(41)18-11-17-14-32-34-23(17)31-13-18/h2-6,11-14H,7-10,15-16H2,1H3,(H,33,40)(H,31,32,34). The van der Waals surface area contributed by atoms with Crippen LogP contribution in [0.15, 0.2) is 54.9 Å². The molecule has 1 aromatic carbocycles. The van der Waals surface area contributed by atoms with Crippen molar-refractivity contribution in [3.8, 4) is 0 Å². The highest BCUT2D eigenvalue weighted by Gasteiger charge is 2.54. The molecule has 0 unspecified atom stereocenters. The summed E-state index contributed by atoms with van der Waals surface area (Å²) in [4.78, 5) is 49.4. The molecule has 3 amide bonds. The molecule has 0 saturated carbocycles. The number of halogens is 3. The van der Waals surface area contributed by atoms with Gasteiger partial charge in [0.05, 0.1) is 18.4 Å². The highest BCUT2D eigenvalue weighted by atomic mass is 19.4. The number of pyridine rings is 1. The summed E-state index contributed by atoms with van der Waals surface area (Å²) >= 11 is 0. The van der Waals surface area contributed by atoms with Gasteiger partial charge in [0.15, 0.2) is 11.3 Å². The van der Waals surface area contributed by atoms with Crippen LogP contribution in [0.3, 0.4) is 0 Å². The lowest BCUT2D eigenvalue weighted by molar-refractivity contribution is -0.141. The zero-order valence-corrected chi connectivity index (χ0v) is 22.4. The fourth-order valence-corrected chi connectivity index (χ4v) is 5.62. The Balaban J connectivity index is 1.19. The number of benzene rings is 1. The van der Waals surface area contributed by atoms with Crippen LogP contribution in [0.4, 0.5) is 24.7 Å². The summed E-state index contributed by atoms with van der Waals surface area (Å²) in [5.41, 5.74) is -0.355.